The van der Waals surface area contributed by atoms with Crippen LogP contribution in [0.3, 0.4) is 0 Å². The fourth-order valence-corrected chi connectivity index (χ4v) is 3.15. The highest BCUT2D eigenvalue weighted by Crippen LogP contribution is 2.37. The highest BCUT2D eigenvalue weighted by Gasteiger charge is 2.33. The zero-order valence-corrected chi connectivity index (χ0v) is 14.0. The number of aliphatic hydroxyl groups excluding tert-OH is 1. The molecule has 2 aromatic carbocycles. The molecule has 0 spiro atoms. The normalized spacial score (nSPS) is 14.0. The van der Waals surface area contributed by atoms with Gasteiger partial charge in [0.1, 0.15) is 11.5 Å². The maximum absolute atomic E-state index is 13.0. The van der Waals surface area contributed by atoms with E-state index in [1.165, 1.54) is 20.3 Å². The maximum atomic E-state index is 13.0. The first-order valence-corrected chi connectivity index (χ1v) is 7.57. The summed E-state index contributed by atoms with van der Waals surface area (Å²) in [5.74, 6) is 0.459. The lowest BCUT2D eigenvalue weighted by atomic mass is 9.80. The molecule has 0 aliphatic heterocycles. The second-order valence-electron chi connectivity index (χ2n) is 5.79. The number of ether oxygens (including phenoxy) is 2. The van der Waals surface area contributed by atoms with Gasteiger partial charge in [0.15, 0.2) is 11.6 Å². The van der Waals surface area contributed by atoms with Crippen molar-refractivity contribution in [2.45, 2.75) is 20.0 Å². The van der Waals surface area contributed by atoms with Crippen LogP contribution < -0.4 is 9.47 Å². The Morgan fingerprint density at radius 1 is 0.917 bits per heavy atom. The lowest BCUT2D eigenvalue weighted by Gasteiger charge is -2.23. The number of carbonyl (C=O) groups is 2. The fraction of sp³-hybridized carbons (Fsp3) is 0.263. The molecule has 5 nitrogen and oxygen atoms in total. The van der Waals surface area contributed by atoms with Gasteiger partial charge in [0.2, 0.25) is 0 Å². The molecule has 0 saturated heterocycles. The summed E-state index contributed by atoms with van der Waals surface area (Å²) in [5.41, 5.74) is 2.40. The number of hydrogen-bond acceptors (Lipinski definition) is 5. The van der Waals surface area contributed by atoms with Gasteiger partial charge in [0, 0.05) is 33.4 Å². The van der Waals surface area contributed by atoms with Gasteiger partial charge >= 0.3 is 0 Å². The van der Waals surface area contributed by atoms with Gasteiger partial charge in [-0.15, -0.1) is 0 Å². The van der Waals surface area contributed by atoms with Crippen molar-refractivity contribution in [1.29, 1.82) is 0 Å². The molecule has 1 atom stereocenters. The van der Waals surface area contributed by atoms with E-state index < -0.39 is 6.10 Å². The zero-order chi connectivity index (χ0) is 17.6. The maximum Gasteiger partial charge on any atom is 0.195 e. The second kappa shape index (κ2) is 5.76. The number of rotatable bonds is 3. The average Bonchev–Trinajstić information content (AvgIpc) is 2.58. The van der Waals surface area contributed by atoms with E-state index in [0.717, 1.165) is 0 Å². The van der Waals surface area contributed by atoms with E-state index in [9.17, 15) is 14.7 Å². The minimum Gasteiger partial charge on any atom is -0.496 e. The van der Waals surface area contributed by atoms with Gasteiger partial charge in [-0.2, -0.15) is 0 Å². The highest BCUT2D eigenvalue weighted by molar-refractivity contribution is 6.29. The van der Waals surface area contributed by atoms with Crippen LogP contribution >= 0.6 is 0 Å². The molecular formula is C19H18O5. The Labute approximate surface area is 139 Å². The smallest absolute Gasteiger partial charge is 0.195 e. The molecule has 0 saturated carbocycles. The van der Waals surface area contributed by atoms with Crippen LogP contribution in [0.15, 0.2) is 24.3 Å². The molecule has 3 rings (SSSR count). The molecule has 2 aromatic rings. The van der Waals surface area contributed by atoms with Crippen LogP contribution in [0.2, 0.25) is 0 Å². The Morgan fingerprint density at radius 2 is 1.54 bits per heavy atom. The Balaban J connectivity index is 2.29. The number of fused-ring (bicyclic) bond motifs is 2. The van der Waals surface area contributed by atoms with Gasteiger partial charge in [0.25, 0.3) is 0 Å². The molecule has 0 aromatic heterocycles. The molecule has 1 N–H and O–H groups in total. The molecule has 0 bridgehead atoms. The van der Waals surface area contributed by atoms with Gasteiger partial charge in [-0.3, -0.25) is 9.59 Å². The van der Waals surface area contributed by atoms with Crippen LogP contribution in [0.25, 0.3) is 0 Å². The van der Waals surface area contributed by atoms with E-state index in [1.807, 2.05) is 0 Å². The third-order valence-electron chi connectivity index (χ3n) is 4.42. The molecule has 24 heavy (non-hydrogen) atoms. The van der Waals surface area contributed by atoms with Crippen molar-refractivity contribution in [1.82, 2.24) is 0 Å². The fourth-order valence-electron chi connectivity index (χ4n) is 3.15. The molecule has 1 aliphatic rings. The topological polar surface area (TPSA) is 72.8 Å². The summed E-state index contributed by atoms with van der Waals surface area (Å²) in [4.78, 5) is 25.8. The van der Waals surface area contributed by atoms with E-state index in [-0.39, 0.29) is 22.7 Å². The van der Waals surface area contributed by atoms with Crippen molar-refractivity contribution in [3.63, 3.8) is 0 Å². The summed E-state index contributed by atoms with van der Waals surface area (Å²) < 4.78 is 10.5. The molecular weight excluding hydrogens is 308 g/mol. The first kappa shape index (κ1) is 16.2. The summed E-state index contributed by atoms with van der Waals surface area (Å²) in [7, 11) is 2.99. The Hall–Kier alpha value is -2.66. The van der Waals surface area contributed by atoms with Gasteiger partial charge in [0.05, 0.1) is 20.3 Å². The lowest BCUT2D eigenvalue weighted by Crippen LogP contribution is -2.23. The van der Waals surface area contributed by atoms with E-state index in [1.54, 1.807) is 32.0 Å². The number of aliphatic hydroxyl groups is 1. The summed E-state index contributed by atoms with van der Waals surface area (Å²) >= 11 is 0. The minimum absolute atomic E-state index is 0.241. The van der Waals surface area contributed by atoms with Crippen molar-refractivity contribution in [2.24, 2.45) is 0 Å². The summed E-state index contributed by atoms with van der Waals surface area (Å²) in [6.07, 6.45) is -0.813. The third-order valence-corrected chi connectivity index (χ3v) is 4.42. The molecule has 5 heteroatoms. The number of benzene rings is 2. The van der Waals surface area contributed by atoms with Gasteiger partial charge in [-0.25, -0.2) is 0 Å². The molecule has 1 aliphatic carbocycles. The largest absolute Gasteiger partial charge is 0.496 e. The number of hydrogen-bond donors (Lipinski definition) is 1. The predicted molar refractivity (Wildman–Crippen MR) is 88.2 cm³/mol. The van der Waals surface area contributed by atoms with Crippen LogP contribution in [-0.4, -0.2) is 30.9 Å². The Morgan fingerprint density at radius 3 is 2.12 bits per heavy atom. The highest BCUT2D eigenvalue weighted by atomic mass is 16.5. The average molecular weight is 326 g/mol. The standard InChI is InChI=1S/C19H18O5/c1-9-15(23-3)6-5-11-17(9)19(22)14-8-16(24-4)12(10(2)20)7-13(14)18(11)21/h5-8,10,20H,1-4H3. The number of ketones is 2. The monoisotopic (exact) mass is 326 g/mol. The van der Waals surface area contributed by atoms with Crippen LogP contribution in [0.5, 0.6) is 11.5 Å². The molecule has 0 amide bonds. The van der Waals surface area contributed by atoms with E-state index >= 15 is 0 Å². The van der Waals surface area contributed by atoms with Crippen LogP contribution in [0.4, 0.5) is 0 Å². The van der Waals surface area contributed by atoms with Crippen molar-refractivity contribution in [2.75, 3.05) is 14.2 Å². The number of methoxy groups -OCH3 is 2. The zero-order valence-electron chi connectivity index (χ0n) is 14.0. The third kappa shape index (κ3) is 2.20. The van der Waals surface area contributed by atoms with Crippen molar-refractivity contribution in [3.8, 4) is 11.5 Å². The van der Waals surface area contributed by atoms with Crippen LogP contribution in [0, 0.1) is 6.92 Å². The molecule has 0 radical (unpaired) electrons. The molecule has 0 heterocycles. The SMILES string of the molecule is COc1cc2c(cc1C(C)O)C(=O)c1ccc(OC)c(C)c1C2=O. The van der Waals surface area contributed by atoms with Crippen LogP contribution in [-0.2, 0) is 0 Å². The van der Waals surface area contributed by atoms with Crippen molar-refractivity contribution >= 4 is 11.6 Å². The molecule has 0 fully saturated rings. The van der Waals surface area contributed by atoms with Crippen LogP contribution in [0.1, 0.15) is 56.0 Å². The van der Waals surface area contributed by atoms with Gasteiger partial charge in [-0.05, 0) is 38.1 Å². The molecule has 1 unspecified atom stereocenters. The Bertz CT molecular complexity index is 865. The summed E-state index contributed by atoms with van der Waals surface area (Å²) in [6, 6.07) is 6.36. The van der Waals surface area contributed by atoms with E-state index in [0.29, 0.717) is 33.8 Å². The summed E-state index contributed by atoms with van der Waals surface area (Å²) in [5, 5.41) is 9.90. The number of carbonyl (C=O) groups excluding carboxylic acids is 2. The minimum atomic E-state index is -0.813. The Kier molecular flexibility index (Phi) is 3.89. The summed E-state index contributed by atoms with van der Waals surface area (Å²) in [6.45, 7) is 3.34. The van der Waals surface area contributed by atoms with Gasteiger partial charge in [-0.1, -0.05) is 0 Å². The second-order valence-corrected chi connectivity index (χ2v) is 5.79. The first-order valence-electron chi connectivity index (χ1n) is 7.57. The van der Waals surface area contributed by atoms with E-state index in [4.69, 9.17) is 9.47 Å². The predicted octanol–water partition coefficient (Wildman–Crippen LogP) is 2.84. The van der Waals surface area contributed by atoms with Gasteiger partial charge < -0.3 is 14.6 Å². The van der Waals surface area contributed by atoms with Crippen molar-refractivity contribution in [3.05, 3.63) is 57.6 Å². The quantitative estimate of drug-likeness (QED) is 0.801. The molecule has 124 valence electrons. The first-order chi connectivity index (χ1) is 11.4. The lowest BCUT2D eigenvalue weighted by molar-refractivity contribution is 0.0977. The van der Waals surface area contributed by atoms with E-state index in [2.05, 4.69) is 0 Å². The van der Waals surface area contributed by atoms with Crippen molar-refractivity contribution < 1.29 is 24.2 Å².